The molecule has 0 aliphatic heterocycles. The number of hydrogen-bond donors (Lipinski definition) is 2. The van der Waals surface area contributed by atoms with Crippen molar-refractivity contribution < 1.29 is 14.7 Å². The highest BCUT2D eigenvalue weighted by molar-refractivity contribution is 9.10. The molecule has 5 atom stereocenters. The van der Waals surface area contributed by atoms with Crippen LogP contribution in [-0.2, 0) is 9.59 Å². The van der Waals surface area contributed by atoms with Crippen LogP contribution >= 0.6 is 15.9 Å². The molecule has 0 aromatic heterocycles. The Morgan fingerprint density at radius 2 is 1.58 bits per heavy atom. The van der Waals surface area contributed by atoms with Crippen molar-refractivity contribution in [1.29, 1.82) is 0 Å². The Hall–Kier alpha value is -1.62. The molecule has 128 valence electrons. The standard InChI is InChI=1S/C19H22BrNO3/c1-19(2,3)16-12-8-9-13(16)15(18(23)24)14(12)17(22)21-11-6-4-10(20)5-7-11/h4-9,12-16H,1-3H3,(H,21,22)(H,23,24). The lowest BCUT2D eigenvalue weighted by Crippen LogP contribution is -2.36. The molecule has 3 rings (SSSR count). The van der Waals surface area contributed by atoms with E-state index in [-0.39, 0.29) is 29.1 Å². The number of carboxylic acids is 1. The normalized spacial score (nSPS) is 31.2. The minimum absolute atomic E-state index is 0.0217. The Morgan fingerprint density at radius 3 is 2.08 bits per heavy atom. The summed E-state index contributed by atoms with van der Waals surface area (Å²) in [7, 11) is 0. The fourth-order valence-corrected chi connectivity index (χ4v) is 4.75. The summed E-state index contributed by atoms with van der Waals surface area (Å²) in [6, 6.07) is 7.32. The smallest absolute Gasteiger partial charge is 0.307 e. The van der Waals surface area contributed by atoms with Gasteiger partial charge in [-0.2, -0.15) is 0 Å². The Kier molecular flexibility index (Phi) is 4.32. The van der Waals surface area contributed by atoms with Gasteiger partial charge in [0.05, 0.1) is 11.8 Å². The molecule has 2 aliphatic rings. The summed E-state index contributed by atoms with van der Waals surface area (Å²) >= 11 is 3.36. The number of amides is 1. The van der Waals surface area contributed by atoms with Crippen LogP contribution < -0.4 is 5.32 Å². The van der Waals surface area contributed by atoms with Crippen LogP contribution in [0.4, 0.5) is 5.69 Å². The molecule has 1 fully saturated rings. The second-order valence-electron chi connectivity index (χ2n) is 7.82. The predicted molar refractivity (Wildman–Crippen MR) is 96.5 cm³/mol. The van der Waals surface area contributed by atoms with Crippen molar-refractivity contribution >= 4 is 33.5 Å². The van der Waals surface area contributed by atoms with Crippen LogP contribution in [0.25, 0.3) is 0 Å². The first-order valence-corrected chi connectivity index (χ1v) is 8.97. The van der Waals surface area contributed by atoms with E-state index in [1.807, 2.05) is 36.4 Å². The number of fused-ring (bicyclic) bond motifs is 2. The first-order valence-electron chi connectivity index (χ1n) is 8.17. The van der Waals surface area contributed by atoms with E-state index < -0.39 is 17.8 Å². The molecule has 4 nitrogen and oxygen atoms in total. The second kappa shape index (κ2) is 6.03. The number of aliphatic carboxylic acids is 1. The molecule has 1 aromatic rings. The lowest BCUT2D eigenvalue weighted by molar-refractivity contribution is -0.146. The van der Waals surface area contributed by atoms with Crippen LogP contribution in [0.1, 0.15) is 20.8 Å². The van der Waals surface area contributed by atoms with Crippen molar-refractivity contribution in [3.8, 4) is 0 Å². The van der Waals surface area contributed by atoms with E-state index in [9.17, 15) is 14.7 Å². The Morgan fingerprint density at radius 1 is 1.04 bits per heavy atom. The van der Waals surface area contributed by atoms with Gasteiger partial charge in [0.15, 0.2) is 0 Å². The van der Waals surface area contributed by atoms with Crippen molar-refractivity contribution in [3.05, 3.63) is 40.9 Å². The summed E-state index contributed by atoms with van der Waals surface area (Å²) in [6.07, 6.45) is 4.05. The maximum absolute atomic E-state index is 12.9. The molecule has 2 aliphatic carbocycles. The van der Waals surface area contributed by atoms with Crippen molar-refractivity contribution in [2.45, 2.75) is 20.8 Å². The number of carboxylic acid groups (broad SMARTS) is 1. The van der Waals surface area contributed by atoms with Crippen LogP contribution in [-0.4, -0.2) is 17.0 Å². The number of halogens is 1. The van der Waals surface area contributed by atoms with Gasteiger partial charge in [-0.15, -0.1) is 0 Å². The highest BCUT2D eigenvalue weighted by atomic mass is 79.9. The molecule has 5 unspecified atom stereocenters. The summed E-state index contributed by atoms with van der Waals surface area (Å²) in [4.78, 5) is 24.7. The molecule has 1 aromatic carbocycles. The average molecular weight is 392 g/mol. The highest BCUT2D eigenvalue weighted by Crippen LogP contribution is 2.58. The van der Waals surface area contributed by atoms with Gasteiger partial charge in [-0.3, -0.25) is 9.59 Å². The molecule has 2 N–H and O–H groups in total. The van der Waals surface area contributed by atoms with Gasteiger partial charge in [0, 0.05) is 10.2 Å². The van der Waals surface area contributed by atoms with Gasteiger partial charge in [0.1, 0.15) is 0 Å². The van der Waals surface area contributed by atoms with Crippen LogP contribution in [0.5, 0.6) is 0 Å². The van der Waals surface area contributed by atoms with Crippen LogP contribution in [0.2, 0.25) is 0 Å². The maximum Gasteiger partial charge on any atom is 0.307 e. The molecule has 1 saturated carbocycles. The Bertz CT molecular complexity index is 690. The van der Waals surface area contributed by atoms with Gasteiger partial charge in [0.25, 0.3) is 0 Å². The van der Waals surface area contributed by atoms with E-state index in [0.29, 0.717) is 5.69 Å². The largest absolute Gasteiger partial charge is 0.481 e. The van der Waals surface area contributed by atoms with Gasteiger partial charge in [-0.1, -0.05) is 48.9 Å². The molecule has 1 amide bonds. The molecule has 24 heavy (non-hydrogen) atoms. The zero-order chi connectivity index (χ0) is 17.6. The molecule has 0 saturated heterocycles. The number of allylic oxidation sites excluding steroid dienone is 2. The van der Waals surface area contributed by atoms with E-state index >= 15 is 0 Å². The molecule has 0 heterocycles. The zero-order valence-corrected chi connectivity index (χ0v) is 15.6. The number of hydrogen-bond acceptors (Lipinski definition) is 2. The number of rotatable bonds is 3. The molecular formula is C19H22BrNO3. The van der Waals surface area contributed by atoms with Gasteiger partial charge in [-0.25, -0.2) is 0 Å². The van der Waals surface area contributed by atoms with Crippen LogP contribution in [0, 0.1) is 35.0 Å². The highest BCUT2D eigenvalue weighted by Gasteiger charge is 2.60. The van der Waals surface area contributed by atoms with Gasteiger partial charge < -0.3 is 10.4 Å². The number of nitrogens with one attached hydrogen (secondary N) is 1. The van der Waals surface area contributed by atoms with Crippen molar-refractivity contribution in [2.24, 2.45) is 35.0 Å². The van der Waals surface area contributed by atoms with E-state index in [1.54, 1.807) is 0 Å². The molecular weight excluding hydrogens is 370 g/mol. The Labute approximate surface area is 150 Å². The van der Waals surface area contributed by atoms with Gasteiger partial charge in [-0.05, 0) is 47.4 Å². The molecule has 2 bridgehead atoms. The van der Waals surface area contributed by atoms with E-state index in [4.69, 9.17) is 0 Å². The molecule has 0 spiro atoms. The SMILES string of the molecule is CC(C)(C)C1C2C=CC1C(C(=O)Nc1ccc(Br)cc1)C2C(=O)O. The fraction of sp³-hybridized carbons (Fsp3) is 0.474. The quantitative estimate of drug-likeness (QED) is 0.759. The zero-order valence-electron chi connectivity index (χ0n) is 14.0. The summed E-state index contributed by atoms with van der Waals surface area (Å²) in [6.45, 7) is 6.37. The maximum atomic E-state index is 12.9. The summed E-state index contributed by atoms with van der Waals surface area (Å²) in [5.41, 5.74) is 0.644. The van der Waals surface area contributed by atoms with Crippen LogP contribution in [0.3, 0.4) is 0 Å². The van der Waals surface area contributed by atoms with E-state index in [2.05, 4.69) is 42.0 Å². The van der Waals surface area contributed by atoms with Gasteiger partial charge >= 0.3 is 5.97 Å². The minimum Gasteiger partial charge on any atom is -0.481 e. The third kappa shape index (κ3) is 2.90. The lowest BCUT2D eigenvalue weighted by atomic mass is 9.73. The van der Waals surface area contributed by atoms with Crippen molar-refractivity contribution in [3.63, 3.8) is 0 Å². The average Bonchev–Trinajstić information content (AvgIpc) is 3.05. The van der Waals surface area contributed by atoms with Crippen LogP contribution in [0.15, 0.2) is 40.9 Å². The van der Waals surface area contributed by atoms with Crippen molar-refractivity contribution in [1.82, 2.24) is 0 Å². The summed E-state index contributed by atoms with van der Waals surface area (Å²) in [5.74, 6) is -2.17. The number of anilines is 1. The molecule has 5 heteroatoms. The van der Waals surface area contributed by atoms with E-state index in [0.717, 1.165) is 4.47 Å². The summed E-state index contributed by atoms with van der Waals surface area (Å²) in [5, 5.41) is 12.6. The first kappa shape index (κ1) is 17.2. The third-order valence-electron chi connectivity index (χ3n) is 5.30. The fourth-order valence-electron chi connectivity index (χ4n) is 4.49. The van der Waals surface area contributed by atoms with Gasteiger partial charge in [0.2, 0.25) is 5.91 Å². The lowest BCUT2D eigenvalue weighted by Gasteiger charge is -2.31. The monoisotopic (exact) mass is 391 g/mol. The topological polar surface area (TPSA) is 66.4 Å². The molecule has 0 radical (unpaired) electrons. The number of carbonyl (C=O) groups is 2. The van der Waals surface area contributed by atoms with E-state index in [1.165, 1.54) is 0 Å². The second-order valence-corrected chi connectivity index (χ2v) is 8.73. The summed E-state index contributed by atoms with van der Waals surface area (Å²) < 4.78 is 0.930. The third-order valence-corrected chi connectivity index (χ3v) is 5.83. The first-order chi connectivity index (χ1) is 11.2. The number of carbonyl (C=O) groups excluding carboxylic acids is 1. The minimum atomic E-state index is -0.878. The Balaban J connectivity index is 1.88. The van der Waals surface area contributed by atoms with Crippen molar-refractivity contribution in [2.75, 3.05) is 5.32 Å². The number of benzene rings is 1. The predicted octanol–water partition coefficient (Wildman–Crippen LogP) is 4.18.